The van der Waals surface area contributed by atoms with Crippen LogP contribution in [-0.2, 0) is 4.79 Å². The topological polar surface area (TPSA) is 55.1 Å². The molecule has 0 spiro atoms. The Morgan fingerprint density at radius 1 is 1.41 bits per heavy atom. The van der Waals surface area contributed by atoms with Crippen molar-refractivity contribution in [1.82, 2.24) is 0 Å². The number of carbonyl (C=O) groups is 1. The Labute approximate surface area is 107 Å². The molecule has 0 unspecified atom stereocenters. The molecule has 0 heterocycles. The van der Waals surface area contributed by atoms with Crippen LogP contribution in [0.2, 0.25) is 0 Å². The number of hydrogen-bond donors (Lipinski definition) is 2. The molecule has 0 aromatic heterocycles. The maximum atomic E-state index is 13.3. The highest BCUT2D eigenvalue weighted by Crippen LogP contribution is 2.24. The van der Waals surface area contributed by atoms with Gasteiger partial charge in [-0.2, -0.15) is 0 Å². The highest BCUT2D eigenvalue weighted by molar-refractivity contribution is 9.10. The zero-order valence-electron chi connectivity index (χ0n) is 9.48. The van der Waals surface area contributed by atoms with Crippen LogP contribution in [-0.4, -0.2) is 11.4 Å². The SMILES string of the molecule is CC(C)(N)CC(=O)Nc1cc(Br)c(F)cc1F. The maximum absolute atomic E-state index is 13.3. The largest absolute Gasteiger partial charge is 0.325 e. The van der Waals surface area contributed by atoms with Crippen LogP contribution in [0.5, 0.6) is 0 Å². The molecule has 0 aliphatic rings. The van der Waals surface area contributed by atoms with Gasteiger partial charge >= 0.3 is 0 Å². The van der Waals surface area contributed by atoms with E-state index in [0.29, 0.717) is 6.07 Å². The summed E-state index contributed by atoms with van der Waals surface area (Å²) in [6, 6.07) is 1.87. The summed E-state index contributed by atoms with van der Waals surface area (Å²) in [7, 11) is 0. The fraction of sp³-hybridized carbons (Fsp3) is 0.364. The molecule has 0 fully saturated rings. The lowest BCUT2D eigenvalue weighted by atomic mass is 10.0. The molecule has 94 valence electrons. The van der Waals surface area contributed by atoms with E-state index in [1.165, 1.54) is 6.07 Å². The van der Waals surface area contributed by atoms with E-state index in [-0.39, 0.29) is 16.6 Å². The molecule has 0 bridgehead atoms. The number of carbonyl (C=O) groups excluding carboxylic acids is 1. The van der Waals surface area contributed by atoms with Crippen LogP contribution in [0.3, 0.4) is 0 Å². The number of anilines is 1. The van der Waals surface area contributed by atoms with Gasteiger partial charge in [-0.25, -0.2) is 8.78 Å². The van der Waals surface area contributed by atoms with Crippen molar-refractivity contribution in [2.45, 2.75) is 25.8 Å². The van der Waals surface area contributed by atoms with Crippen molar-refractivity contribution in [1.29, 1.82) is 0 Å². The highest BCUT2D eigenvalue weighted by Gasteiger charge is 2.18. The van der Waals surface area contributed by atoms with Crippen molar-refractivity contribution in [2.24, 2.45) is 5.73 Å². The molecule has 1 rings (SSSR count). The fourth-order valence-corrected chi connectivity index (χ4v) is 1.57. The van der Waals surface area contributed by atoms with E-state index in [0.717, 1.165) is 0 Å². The summed E-state index contributed by atoms with van der Waals surface area (Å²) in [5.74, 6) is -1.97. The highest BCUT2D eigenvalue weighted by atomic mass is 79.9. The number of nitrogens with two attached hydrogens (primary N) is 1. The fourth-order valence-electron chi connectivity index (χ4n) is 1.23. The van der Waals surface area contributed by atoms with E-state index in [4.69, 9.17) is 5.73 Å². The molecule has 17 heavy (non-hydrogen) atoms. The van der Waals surface area contributed by atoms with E-state index in [1.807, 2.05) is 0 Å². The summed E-state index contributed by atoms with van der Waals surface area (Å²) >= 11 is 2.91. The number of amides is 1. The van der Waals surface area contributed by atoms with Crippen molar-refractivity contribution in [3.05, 3.63) is 28.2 Å². The molecule has 3 N–H and O–H groups in total. The molecule has 1 aromatic carbocycles. The molecule has 6 heteroatoms. The van der Waals surface area contributed by atoms with Gasteiger partial charge in [-0.1, -0.05) is 0 Å². The van der Waals surface area contributed by atoms with Crippen LogP contribution in [0, 0.1) is 11.6 Å². The number of nitrogens with one attached hydrogen (secondary N) is 1. The first kappa shape index (κ1) is 14.1. The van der Waals surface area contributed by atoms with Gasteiger partial charge in [-0.15, -0.1) is 0 Å². The molecule has 0 radical (unpaired) electrons. The van der Waals surface area contributed by atoms with Gasteiger partial charge in [0, 0.05) is 18.0 Å². The molecule has 0 atom stereocenters. The van der Waals surface area contributed by atoms with E-state index in [9.17, 15) is 13.6 Å². The van der Waals surface area contributed by atoms with Gasteiger partial charge in [-0.05, 0) is 35.8 Å². The van der Waals surface area contributed by atoms with Gasteiger partial charge < -0.3 is 11.1 Å². The Morgan fingerprint density at radius 3 is 2.53 bits per heavy atom. The lowest BCUT2D eigenvalue weighted by Gasteiger charge is -2.17. The second-order valence-electron chi connectivity index (χ2n) is 4.46. The normalized spacial score (nSPS) is 11.4. The standard InChI is InChI=1S/C11H13BrF2N2O/c1-11(2,15)5-10(17)16-9-3-6(12)7(13)4-8(9)14/h3-4H,5,15H2,1-2H3,(H,16,17). The third-order valence-electron chi connectivity index (χ3n) is 1.90. The molecule has 0 aliphatic heterocycles. The van der Waals surface area contributed by atoms with Gasteiger partial charge in [0.05, 0.1) is 10.2 Å². The van der Waals surface area contributed by atoms with Crippen molar-refractivity contribution in [3.63, 3.8) is 0 Å². The minimum Gasteiger partial charge on any atom is -0.325 e. The molecule has 3 nitrogen and oxygen atoms in total. The summed E-state index contributed by atoms with van der Waals surface area (Å²) in [5, 5.41) is 2.34. The lowest BCUT2D eigenvalue weighted by molar-refractivity contribution is -0.117. The molecule has 1 amide bonds. The zero-order valence-corrected chi connectivity index (χ0v) is 11.1. The average molecular weight is 307 g/mol. The monoisotopic (exact) mass is 306 g/mol. The Balaban J connectivity index is 2.82. The first-order valence-electron chi connectivity index (χ1n) is 4.92. The van der Waals surface area contributed by atoms with Crippen LogP contribution in [0.4, 0.5) is 14.5 Å². The Kier molecular flexibility index (Phi) is 4.21. The van der Waals surface area contributed by atoms with Gasteiger partial charge in [0.1, 0.15) is 11.6 Å². The molecule has 0 aliphatic carbocycles. The van der Waals surface area contributed by atoms with Crippen molar-refractivity contribution in [3.8, 4) is 0 Å². The van der Waals surface area contributed by atoms with E-state index in [1.54, 1.807) is 13.8 Å². The number of halogens is 3. The van der Waals surface area contributed by atoms with Crippen LogP contribution >= 0.6 is 15.9 Å². The first-order valence-corrected chi connectivity index (χ1v) is 5.71. The summed E-state index contributed by atoms with van der Waals surface area (Å²) in [6.45, 7) is 3.37. The number of rotatable bonds is 3. The van der Waals surface area contributed by atoms with E-state index >= 15 is 0 Å². The summed E-state index contributed by atoms with van der Waals surface area (Å²) in [4.78, 5) is 11.5. The maximum Gasteiger partial charge on any atom is 0.226 e. The van der Waals surface area contributed by atoms with Gasteiger partial charge in [0.2, 0.25) is 5.91 Å². The van der Waals surface area contributed by atoms with E-state index < -0.39 is 23.1 Å². The summed E-state index contributed by atoms with van der Waals surface area (Å²) in [6.07, 6.45) is 0.0431. The Bertz CT molecular complexity index is 444. The zero-order chi connectivity index (χ0) is 13.2. The summed E-state index contributed by atoms with van der Waals surface area (Å²) in [5.41, 5.74) is 4.90. The van der Waals surface area contributed by atoms with Crippen LogP contribution in [0.1, 0.15) is 20.3 Å². The third-order valence-corrected chi connectivity index (χ3v) is 2.51. The minimum absolute atomic E-state index is 0.0431. The second kappa shape index (κ2) is 5.10. The molecular formula is C11H13BrF2N2O. The van der Waals surface area contributed by atoms with Gasteiger partial charge in [0.25, 0.3) is 0 Å². The number of benzene rings is 1. The van der Waals surface area contributed by atoms with Crippen molar-refractivity contribution in [2.75, 3.05) is 5.32 Å². The smallest absolute Gasteiger partial charge is 0.226 e. The van der Waals surface area contributed by atoms with Crippen molar-refractivity contribution >= 4 is 27.5 Å². The van der Waals surface area contributed by atoms with E-state index in [2.05, 4.69) is 21.2 Å². The quantitative estimate of drug-likeness (QED) is 0.844. The van der Waals surface area contributed by atoms with Crippen LogP contribution < -0.4 is 11.1 Å². The van der Waals surface area contributed by atoms with Crippen molar-refractivity contribution < 1.29 is 13.6 Å². The lowest BCUT2D eigenvalue weighted by Crippen LogP contribution is -2.36. The second-order valence-corrected chi connectivity index (χ2v) is 5.31. The Hall–Kier alpha value is -1.01. The predicted octanol–water partition coefficient (Wildman–Crippen LogP) is 2.79. The molecule has 1 aromatic rings. The minimum atomic E-state index is -0.825. The van der Waals surface area contributed by atoms with Gasteiger partial charge in [-0.3, -0.25) is 4.79 Å². The molecule has 0 saturated heterocycles. The number of hydrogen-bond acceptors (Lipinski definition) is 2. The van der Waals surface area contributed by atoms with Gasteiger partial charge in [0.15, 0.2) is 0 Å². The summed E-state index contributed by atoms with van der Waals surface area (Å²) < 4.78 is 26.3. The predicted molar refractivity (Wildman–Crippen MR) is 65.6 cm³/mol. The average Bonchev–Trinajstić information content (AvgIpc) is 2.11. The van der Waals surface area contributed by atoms with Crippen LogP contribution in [0.15, 0.2) is 16.6 Å². The third kappa shape index (κ3) is 4.40. The molecule has 0 saturated carbocycles. The van der Waals surface area contributed by atoms with Crippen LogP contribution in [0.25, 0.3) is 0 Å². The molecular weight excluding hydrogens is 294 g/mol. The first-order chi connectivity index (χ1) is 7.69. The Morgan fingerprint density at radius 2 is 2.00 bits per heavy atom.